The number of unbranched alkanes of at least 4 members (excludes halogenated alkanes) is 1. The average molecular weight is 391 g/mol. The van der Waals surface area contributed by atoms with Gasteiger partial charge in [0.05, 0.1) is 11.5 Å². The Morgan fingerprint density at radius 3 is 2.44 bits per heavy atom. The minimum Gasteiger partial charge on any atom is -0.494 e. The summed E-state index contributed by atoms with van der Waals surface area (Å²) in [7, 11) is -2.01. The highest BCUT2D eigenvalue weighted by Crippen LogP contribution is 2.20. The van der Waals surface area contributed by atoms with Crippen LogP contribution in [-0.2, 0) is 10.0 Å². The molecule has 0 fully saturated rings. The first-order valence-corrected chi connectivity index (χ1v) is 10.5. The molecule has 6 nitrogen and oxygen atoms in total. The Bertz CT molecular complexity index is 864. The van der Waals surface area contributed by atoms with Crippen molar-refractivity contribution < 1.29 is 17.9 Å². The van der Waals surface area contributed by atoms with Crippen molar-refractivity contribution in [3.05, 3.63) is 54.1 Å². The maximum atomic E-state index is 12.6. The molecule has 2 aromatic rings. The lowest BCUT2D eigenvalue weighted by atomic mass is 10.2. The van der Waals surface area contributed by atoms with Gasteiger partial charge >= 0.3 is 0 Å². The molecule has 0 heterocycles. The molecule has 0 unspecified atom stereocenters. The molecule has 0 spiro atoms. The molecular formula is C20H26N2O4S. The van der Waals surface area contributed by atoms with Crippen molar-refractivity contribution in [2.24, 2.45) is 0 Å². The largest absolute Gasteiger partial charge is 0.494 e. The van der Waals surface area contributed by atoms with Gasteiger partial charge in [-0.3, -0.25) is 9.52 Å². The van der Waals surface area contributed by atoms with Crippen molar-refractivity contribution in [2.75, 3.05) is 24.9 Å². The van der Waals surface area contributed by atoms with Gasteiger partial charge < -0.3 is 9.64 Å². The number of amides is 1. The third-order valence-electron chi connectivity index (χ3n) is 4.00. The first-order valence-electron chi connectivity index (χ1n) is 8.98. The quantitative estimate of drug-likeness (QED) is 0.707. The summed E-state index contributed by atoms with van der Waals surface area (Å²) in [6.07, 6.45) is 1.92. The number of rotatable bonds is 9. The second-order valence-electron chi connectivity index (χ2n) is 6.17. The Balaban J connectivity index is 2.15. The molecule has 0 aliphatic heterocycles. The number of hydrogen-bond acceptors (Lipinski definition) is 4. The van der Waals surface area contributed by atoms with Crippen LogP contribution in [0.25, 0.3) is 0 Å². The number of carbonyl (C=O) groups excluding carboxylic acids is 1. The molecule has 0 saturated heterocycles. The SMILES string of the molecule is CCCCN(C)C(=O)c1cccc(NS(=O)(=O)c2ccc(OCC)cc2)c1. The summed E-state index contributed by atoms with van der Waals surface area (Å²) in [5.41, 5.74) is 0.791. The van der Waals surface area contributed by atoms with Crippen LogP contribution in [0.3, 0.4) is 0 Å². The van der Waals surface area contributed by atoms with Gasteiger partial charge in [0.15, 0.2) is 0 Å². The standard InChI is InChI=1S/C20H26N2O4S/c1-4-6-14-22(3)20(23)16-8-7-9-17(15-16)21-27(24,25)19-12-10-18(11-13-19)26-5-2/h7-13,15,21H,4-6,14H2,1-3H3. The second-order valence-corrected chi connectivity index (χ2v) is 7.85. The molecule has 0 aliphatic rings. The molecule has 0 atom stereocenters. The van der Waals surface area contributed by atoms with Gasteiger partial charge in [-0.2, -0.15) is 0 Å². The summed E-state index contributed by atoms with van der Waals surface area (Å²) in [5.74, 6) is 0.477. The zero-order valence-corrected chi connectivity index (χ0v) is 16.8. The lowest BCUT2D eigenvalue weighted by Gasteiger charge is -2.17. The Kier molecular flexibility index (Phi) is 7.24. The Morgan fingerprint density at radius 1 is 1.11 bits per heavy atom. The third kappa shape index (κ3) is 5.72. The van der Waals surface area contributed by atoms with Crippen molar-refractivity contribution in [3.63, 3.8) is 0 Å². The van der Waals surface area contributed by atoms with Gasteiger partial charge in [-0.15, -0.1) is 0 Å². The van der Waals surface area contributed by atoms with Crippen LogP contribution in [0.5, 0.6) is 5.75 Å². The Hall–Kier alpha value is -2.54. The van der Waals surface area contributed by atoms with Crippen LogP contribution in [0, 0.1) is 0 Å². The summed E-state index contributed by atoms with van der Waals surface area (Å²) in [6.45, 7) is 5.10. The predicted octanol–water partition coefficient (Wildman–Crippen LogP) is 3.76. The number of anilines is 1. The van der Waals surface area contributed by atoms with E-state index >= 15 is 0 Å². The number of carbonyl (C=O) groups is 1. The van der Waals surface area contributed by atoms with Crippen molar-refractivity contribution >= 4 is 21.6 Å². The Labute approximate surface area is 161 Å². The number of hydrogen-bond donors (Lipinski definition) is 1. The number of nitrogens with one attached hydrogen (secondary N) is 1. The van der Waals surface area contributed by atoms with E-state index in [0.29, 0.717) is 30.2 Å². The van der Waals surface area contributed by atoms with E-state index in [-0.39, 0.29) is 10.8 Å². The van der Waals surface area contributed by atoms with Crippen LogP contribution in [0.2, 0.25) is 0 Å². The molecule has 146 valence electrons. The summed E-state index contributed by atoms with van der Waals surface area (Å²) in [4.78, 5) is 14.2. The molecule has 0 aliphatic carbocycles. The van der Waals surface area contributed by atoms with Crippen LogP contribution in [0.4, 0.5) is 5.69 Å². The van der Waals surface area contributed by atoms with Crippen molar-refractivity contribution in [2.45, 2.75) is 31.6 Å². The minimum absolute atomic E-state index is 0.128. The fraction of sp³-hybridized carbons (Fsp3) is 0.350. The first-order chi connectivity index (χ1) is 12.9. The molecule has 7 heteroatoms. The summed E-state index contributed by atoms with van der Waals surface area (Å²) >= 11 is 0. The zero-order valence-electron chi connectivity index (χ0n) is 15.9. The van der Waals surface area contributed by atoms with E-state index in [4.69, 9.17) is 4.74 Å². The highest BCUT2D eigenvalue weighted by Gasteiger charge is 2.16. The van der Waals surface area contributed by atoms with E-state index in [2.05, 4.69) is 11.6 Å². The van der Waals surface area contributed by atoms with Crippen LogP contribution >= 0.6 is 0 Å². The van der Waals surface area contributed by atoms with E-state index < -0.39 is 10.0 Å². The van der Waals surface area contributed by atoms with E-state index in [1.807, 2.05) is 6.92 Å². The zero-order chi connectivity index (χ0) is 19.9. The fourth-order valence-corrected chi connectivity index (χ4v) is 3.58. The smallest absolute Gasteiger partial charge is 0.261 e. The lowest BCUT2D eigenvalue weighted by Crippen LogP contribution is -2.27. The number of nitrogens with zero attached hydrogens (tertiary/aromatic N) is 1. The number of sulfonamides is 1. The predicted molar refractivity (Wildman–Crippen MR) is 107 cm³/mol. The van der Waals surface area contributed by atoms with Gasteiger partial charge in [-0.05, 0) is 55.8 Å². The molecule has 0 radical (unpaired) electrons. The van der Waals surface area contributed by atoms with Gasteiger partial charge in [0.1, 0.15) is 5.75 Å². The van der Waals surface area contributed by atoms with Crippen LogP contribution in [0.15, 0.2) is 53.4 Å². The summed E-state index contributed by atoms with van der Waals surface area (Å²) in [5, 5.41) is 0. The number of ether oxygens (including phenoxy) is 1. The highest BCUT2D eigenvalue weighted by atomic mass is 32.2. The van der Waals surface area contributed by atoms with E-state index in [9.17, 15) is 13.2 Å². The summed E-state index contributed by atoms with van der Waals surface area (Å²) in [6, 6.07) is 12.7. The molecule has 1 N–H and O–H groups in total. The van der Waals surface area contributed by atoms with Crippen LogP contribution in [-0.4, -0.2) is 39.4 Å². The molecule has 27 heavy (non-hydrogen) atoms. The lowest BCUT2D eigenvalue weighted by molar-refractivity contribution is 0.0793. The average Bonchev–Trinajstić information content (AvgIpc) is 2.66. The van der Waals surface area contributed by atoms with Crippen molar-refractivity contribution in [1.29, 1.82) is 0 Å². The third-order valence-corrected chi connectivity index (χ3v) is 5.40. The van der Waals surface area contributed by atoms with Gasteiger partial charge in [0, 0.05) is 24.8 Å². The van der Waals surface area contributed by atoms with Crippen LogP contribution < -0.4 is 9.46 Å². The van der Waals surface area contributed by atoms with Crippen molar-refractivity contribution in [1.82, 2.24) is 4.90 Å². The topological polar surface area (TPSA) is 75.7 Å². The second kappa shape index (κ2) is 9.41. The molecular weight excluding hydrogens is 364 g/mol. The van der Waals surface area contributed by atoms with E-state index in [1.54, 1.807) is 48.3 Å². The molecule has 0 bridgehead atoms. The molecule has 1 amide bonds. The molecule has 0 aromatic heterocycles. The van der Waals surface area contributed by atoms with Gasteiger partial charge in [0.2, 0.25) is 0 Å². The monoisotopic (exact) mass is 390 g/mol. The Morgan fingerprint density at radius 2 is 1.81 bits per heavy atom. The number of benzene rings is 2. The molecule has 0 saturated carbocycles. The maximum Gasteiger partial charge on any atom is 0.261 e. The van der Waals surface area contributed by atoms with E-state index in [0.717, 1.165) is 12.8 Å². The summed E-state index contributed by atoms with van der Waals surface area (Å²) < 4.78 is 33.0. The molecule has 2 aromatic carbocycles. The molecule has 2 rings (SSSR count). The van der Waals surface area contributed by atoms with Gasteiger partial charge in [0.25, 0.3) is 15.9 Å². The van der Waals surface area contributed by atoms with Crippen molar-refractivity contribution in [3.8, 4) is 5.75 Å². The van der Waals surface area contributed by atoms with Gasteiger partial charge in [-0.25, -0.2) is 8.42 Å². The van der Waals surface area contributed by atoms with E-state index in [1.165, 1.54) is 12.1 Å². The van der Waals surface area contributed by atoms with Gasteiger partial charge in [-0.1, -0.05) is 19.4 Å². The maximum absolute atomic E-state index is 12.6. The highest BCUT2D eigenvalue weighted by molar-refractivity contribution is 7.92. The normalized spacial score (nSPS) is 11.1. The van der Waals surface area contributed by atoms with Crippen LogP contribution in [0.1, 0.15) is 37.0 Å². The minimum atomic E-state index is -3.75. The fourth-order valence-electron chi connectivity index (χ4n) is 2.53. The first kappa shape index (κ1) is 20.8.